The molecule has 154 valence electrons. The summed E-state index contributed by atoms with van der Waals surface area (Å²) in [6.45, 7) is 0. The van der Waals surface area contributed by atoms with E-state index in [1.165, 1.54) is 18.2 Å². The predicted molar refractivity (Wildman–Crippen MR) is 122 cm³/mol. The van der Waals surface area contributed by atoms with Crippen LogP contribution < -0.4 is 10.1 Å². The molecule has 0 aliphatic carbocycles. The van der Waals surface area contributed by atoms with Crippen molar-refractivity contribution in [2.24, 2.45) is 4.99 Å². The number of rotatable bonds is 5. The van der Waals surface area contributed by atoms with Crippen LogP contribution in [0.5, 0.6) is 11.5 Å². The predicted octanol–water partition coefficient (Wildman–Crippen LogP) is 5.93. The summed E-state index contributed by atoms with van der Waals surface area (Å²) in [5.74, 6) is 1.07. The van der Waals surface area contributed by atoms with Crippen LogP contribution in [0, 0.1) is 10.1 Å². The zero-order chi connectivity index (χ0) is 21.8. The number of nitrogens with zero attached hydrogens (tertiary/aromatic N) is 2. The molecule has 0 aromatic heterocycles. The molecule has 1 aliphatic heterocycles. The number of carbonyl (C=O) groups excluding carboxylic acids is 1. The molecule has 0 saturated carbocycles. The Morgan fingerprint density at radius 3 is 2.55 bits per heavy atom. The van der Waals surface area contributed by atoms with Crippen LogP contribution in [0.15, 0.2) is 82.7 Å². The minimum atomic E-state index is -0.536. The van der Waals surface area contributed by atoms with Crippen LogP contribution in [0.3, 0.4) is 0 Å². The first-order valence-corrected chi connectivity index (χ1v) is 10.2. The van der Waals surface area contributed by atoms with Crippen LogP contribution >= 0.6 is 23.4 Å². The van der Waals surface area contributed by atoms with E-state index < -0.39 is 4.92 Å². The molecule has 1 fully saturated rings. The van der Waals surface area contributed by atoms with Gasteiger partial charge in [0.1, 0.15) is 11.5 Å². The number of para-hydroxylation sites is 1. The summed E-state index contributed by atoms with van der Waals surface area (Å²) in [6.07, 6.45) is 1.73. The van der Waals surface area contributed by atoms with Gasteiger partial charge in [-0.05, 0) is 53.7 Å². The maximum Gasteiger partial charge on any atom is 0.271 e. The molecule has 7 nitrogen and oxygen atoms in total. The number of carbonyl (C=O) groups is 1. The molecule has 1 N–H and O–H groups in total. The highest BCUT2D eigenvalue weighted by Crippen LogP contribution is 2.33. The van der Waals surface area contributed by atoms with Gasteiger partial charge in [-0.15, -0.1) is 0 Å². The Morgan fingerprint density at radius 1 is 1.03 bits per heavy atom. The zero-order valence-corrected chi connectivity index (χ0v) is 17.4. The Morgan fingerprint density at radius 2 is 1.81 bits per heavy atom. The van der Waals surface area contributed by atoms with Gasteiger partial charge in [-0.25, -0.2) is 4.99 Å². The second-order valence-corrected chi connectivity index (χ2v) is 7.80. The molecular formula is C22H14ClN3O4S. The van der Waals surface area contributed by atoms with Gasteiger partial charge in [0.05, 0.1) is 20.5 Å². The van der Waals surface area contributed by atoms with Crippen molar-refractivity contribution in [2.45, 2.75) is 0 Å². The lowest BCUT2D eigenvalue weighted by Gasteiger charge is -2.06. The van der Waals surface area contributed by atoms with E-state index in [2.05, 4.69) is 10.3 Å². The average molecular weight is 452 g/mol. The highest BCUT2D eigenvalue weighted by Gasteiger charge is 2.24. The minimum absolute atomic E-state index is 0.125. The zero-order valence-electron chi connectivity index (χ0n) is 15.8. The Labute approximate surface area is 186 Å². The van der Waals surface area contributed by atoms with E-state index in [4.69, 9.17) is 16.3 Å². The Balaban J connectivity index is 1.52. The smallest absolute Gasteiger partial charge is 0.271 e. The number of nitro groups is 1. The molecule has 1 aliphatic rings. The molecule has 1 amide bonds. The largest absolute Gasteiger partial charge is 0.457 e. The van der Waals surface area contributed by atoms with E-state index in [9.17, 15) is 14.9 Å². The van der Waals surface area contributed by atoms with Crippen LogP contribution in [0.25, 0.3) is 6.08 Å². The molecule has 0 unspecified atom stereocenters. The maximum atomic E-state index is 12.3. The number of non-ortho nitro benzene ring substituents is 1. The van der Waals surface area contributed by atoms with Gasteiger partial charge >= 0.3 is 0 Å². The topological polar surface area (TPSA) is 93.8 Å². The number of hydrogen-bond donors (Lipinski definition) is 1. The van der Waals surface area contributed by atoms with Crippen molar-refractivity contribution in [1.82, 2.24) is 5.32 Å². The van der Waals surface area contributed by atoms with Crippen molar-refractivity contribution in [3.8, 4) is 11.5 Å². The van der Waals surface area contributed by atoms with Crippen molar-refractivity contribution in [3.05, 3.63) is 98.4 Å². The SMILES string of the molecule is O=C1NC(=Nc2ccc([N+](=O)[O-])cc2Cl)S/C1=C/c1cccc(Oc2ccccc2)c1. The second kappa shape index (κ2) is 9.03. The fourth-order valence-corrected chi connectivity index (χ4v) is 3.79. The fourth-order valence-electron chi connectivity index (χ4n) is 2.73. The Kier molecular flexibility index (Phi) is 6.01. The lowest BCUT2D eigenvalue weighted by molar-refractivity contribution is -0.384. The molecule has 0 radical (unpaired) electrons. The molecular weight excluding hydrogens is 438 g/mol. The number of amides is 1. The van der Waals surface area contributed by atoms with Crippen LogP contribution in [0.2, 0.25) is 5.02 Å². The third kappa shape index (κ3) is 5.11. The van der Waals surface area contributed by atoms with Gasteiger partial charge in [0.25, 0.3) is 11.6 Å². The molecule has 3 aromatic carbocycles. The first-order valence-electron chi connectivity index (χ1n) is 9.04. The number of amidine groups is 1. The quantitative estimate of drug-likeness (QED) is 0.294. The summed E-state index contributed by atoms with van der Waals surface area (Å²) >= 11 is 7.23. The molecule has 1 heterocycles. The highest BCUT2D eigenvalue weighted by atomic mass is 35.5. The number of nitrogens with one attached hydrogen (secondary N) is 1. The molecule has 31 heavy (non-hydrogen) atoms. The average Bonchev–Trinajstić information content (AvgIpc) is 3.09. The van der Waals surface area contributed by atoms with E-state index in [1.54, 1.807) is 6.08 Å². The number of thioether (sulfide) groups is 1. The first kappa shape index (κ1) is 20.6. The molecule has 9 heteroatoms. The molecule has 0 spiro atoms. The highest BCUT2D eigenvalue weighted by molar-refractivity contribution is 8.18. The lowest BCUT2D eigenvalue weighted by atomic mass is 10.2. The number of hydrogen-bond acceptors (Lipinski definition) is 6. The fraction of sp³-hybridized carbons (Fsp3) is 0. The molecule has 1 saturated heterocycles. The van der Waals surface area contributed by atoms with E-state index in [0.29, 0.717) is 21.5 Å². The molecule has 3 aromatic rings. The monoisotopic (exact) mass is 451 g/mol. The first-order chi connectivity index (χ1) is 15.0. The summed E-state index contributed by atoms with van der Waals surface area (Å²) in [6, 6.07) is 20.7. The lowest BCUT2D eigenvalue weighted by Crippen LogP contribution is -2.19. The van der Waals surface area contributed by atoms with Crippen LogP contribution in [0.1, 0.15) is 5.56 Å². The summed E-state index contributed by atoms with van der Waals surface area (Å²) < 4.78 is 5.83. The summed E-state index contributed by atoms with van der Waals surface area (Å²) in [5.41, 5.74) is 0.991. The minimum Gasteiger partial charge on any atom is -0.457 e. The summed E-state index contributed by atoms with van der Waals surface area (Å²) in [7, 11) is 0. The van der Waals surface area contributed by atoms with E-state index in [1.807, 2.05) is 54.6 Å². The maximum absolute atomic E-state index is 12.3. The van der Waals surface area contributed by atoms with E-state index >= 15 is 0 Å². The number of aliphatic imine (C=N–C) groups is 1. The summed E-state index contributed by atoms with van der Waals surface area (Å²) in [4.78, 5) is 27.4. The molecule has 4 rings (SSSR count). The van der Waals surface area contributed by atoms with Gasteiger partial charge in [-0.1, -0.05) is 41.9 Å². The van der Waals surface area contributed by atoms with Gasteiger partial charge in [0.15, 0.2) is 5.17 Å². The van der Waals surface area contributed by atoms with Crippen LogP contribution in [-0.4, -0.2) is 16.0 Å². The number of benzene rings is 3. The number of ether oxygens (including phenoxy) is 1. The Hall–Kier alpha value is -3.62. The van der Waals surface area contributed by atoms with E-state index in [-0.39, 0.29) is 16.6 Å². The van der Waals surface area contributed by atoms with Gasteiger partial charge in [-0.2, -0.15) is 0 Å². The number of nitro benzene ring substituents is 1. The van der Waals surface area contributed by atoms with Crippen LogP contribution in [-0.2, 0) is 4.79 Å². The summed E-state index contributed by atoms with van der Waals surface area (Å²) in [5, 5.41) is 14.0. The molecule has 0 bridgehead atoms. The van der Waals surface area contributed by atoms with Gasteiger partial charge in [0, 0.05) is 12.1 Å². The van der Waals surface area contributed by atoms with Crippen molar-refractivity contribution in [1.29, 1.82) is 0 Å². The van der Waals surface area contributed by atoms with Crippen molar-refractivity contribution < 1.29 is 14.5 Å². The van der Waals surface area contributed by atoms with Gasteiger partial charge in [0.2, 0.25) is 0 Å². The molecule has 0 atom stereocenters. The third-order valence-electron chi connectivity index (χ3n) is 4.15. The van der Waals surface area contributed by atoms with Crippen molar-refractivity contribution in [2.75, 3.05) is 0 Å². The standard InChI is InChI=1S/C22H14ClN3O4S/c23-18-13-15(26(28)29)9-10-19(18)24-22-25-21(27)20(31-22)12-14-5-4-8-17(11-14)30-16-6-2-1-3-7-16/h1-13H,(H,24,25,27)/b20-12+. The number of halogens is 1. The second-order valence-electron chi connectivity index (χ2n) is 6.36. The van der Waals surface area contributed by atoms with E-state index in [0.717, 1.165) is 23.1 Å². The van der Waals surface area contributed by atoms with Crippen LogP contribution in [0.4, 0.5) is 11.4 Å². The normalized spacial score (nSPS) is 15.8. The Bertz CT molecular complexity index is 1230. The third-order valence-corrected chi connectivity index (χ3v) is 5.36. The van der Waals surface area contributed by atoms with Gasteiger partial charge in [-0.3, -0.25) is 14.9 Å². The van der Waals surface area contributed by atoms with Crippen molar-refractivity contribution in [3.63, 3.8) is 0 Å². The van der Waals surface area contributed by atoms with Gasteiger partial charge < -0.3 is 10.1 Å². The van der Waals surface area contributed by atoms with Crippen molar-refractivity contribution >= 4 is 51.9 Å².